The van der Waals surface area contributed by atoms with Gasteiger partial charge in [0.2, 0.25) is 0 Å². The van der Waals surface area contributed by atoms with Gasteiger partial charge in [-0.2, -0.15) is 0 Å². The molecule has 5 heteroatoms. The lowest BCUT2D eigenvalue weighted by Crippen LogP contribution is -2.26. The Balaban J connectivity index is 2.96. The molecule has 0 spiro atoms. The SMILES string of the molecule is CN(C)C(Sc1ccc(Cl)c(Cl)c1)=[N+](C)C. The summed E-state index contributed by atoms with van der Waals surface area (Å²) in [5.41, 5.74) is 0. The van der Waals surface area contributed by atoms with Gasteiger partial charge in [-0.15, -0.1) is 0 Å². The zero-order chi connectivity index (χ0) is 12.3. The van der Waals surface area contributed by atoms with E-state index in [4.69, 9.17) is 23.2 Å². The summed E-state index contributed by atoms with van der Waals surface area (Å²) in [5, 5.41) is 2.31. The van der Waals surface area contributed by atoms with E-state index in [2.05, 4.69) is 9.48 Å². The maximum absolute atomic E-state index is 5.97. The van der Waals surface area contributed by atoms with E-state index in [1.54, 1.807) is 11.8 Å². The van der Waals surface area contributed by atoms with Crippen molar-refractivity contribution in [2.45, 2.75) is 4.90 Å². The molecule has 0 radical (unpaired) electrons. The van der Waals surface area contributed by atoms with Crippen LogP contribution in [0.1, 0.15) is 0 Å². The summed E-state index contributed by atoms with van der Waals surface area (Å²) in [5.74, 6) is 0. The highest BCUT2D eigenvalue weighted by atomic mass is 35.5. The van der Waals surface area contributed by atoms with Gasteiger partial charge in [-0.1, -0.05) is 23.2 Å². The highest BCUT2D eigenvalue weighted by molar-refractivity contribution is 8.13. The molecular formula is C11H15Cl2N2S+. The number of hydrogen-bond donors (Lipinski definition) is 0. The fourth-order valence-electron chi connectivity index (χ4n) is 1.23. The molecule has 0 aliphatic rings. The molecule has 0 fully saturated rings. The molecule has 0 saturated heterocycles. The van der Waals surface area contributed by atoms with Gasteiger partial charge in [0.25, 0.3) is 0 Å². The van der Waals surface area contributed by atoms with Gasteiger partial charge in [-0.05, 0) is 30.0 Å². The van der Waals surface area contributed by atoms with Gasteiger partial charge in [0, 0.05) is 4.90 Å². The van der Waals surface area contributed by atoms with Crippen molar-refractivity contribution in [1.82, 2.24) is 4.90 Å². The van der Waals surface area contributed by atoms with Crippen molar-refractivity contribution in [3.8, 4) is 0 Å². The zero-order valence-electron chi connectivity index (χ0n) is 9.79. The molecule has 0 amide bonds. The average molecular weight is 278 g/mol. The Labute approximate surface area is 111 Å². The third kappa shape index (κ3) is 3.58. The van der Waals surface area contributed by atoms with Crippen molar-refractivity contribution in [1.29, 1.82) is 0 Å². The molecular weight excluding hydrogens is 263 g/mol. The second kappa shape index (κ2) is 5.80. The Morgan fingerprint density at radius 3 is 2.25 bits per heavy atom. The lowest BCUT2D eigenvalue weighted by atomic mass is 10.4. The second-order valence-corrected chi connectivity index (χ2v) is 5.60. The Morgan fingerprint density at radius 1 is 1.19 bits per heavy atom. The van der Waals surface area contributed by atoms with Crippen molar-refractivity contribution >= 4 is 40.1 Å². The number of rotatable bonds is 1. The molecule has 16 heavy (non-hydrogen) atoms. The van der Waals surface area contributed by atoms with E-state index >= 15 is 0 Å². The first kappa shape index (κ1) is 13.7. The van der Waals surface area contributed by atoms with Crippen LogP contribution in [0.15, 0.2) is 23.1 Å². The van der Waals surface area contributed by atoms with Gasteiger partial charge < -0.3 is 0 Å². The number of amidine groups is 1. The molecule has 0 saturated carbocycles. The summed E-state index contributed by atoms with van der Waals surface area (Å²) in [6, 6.07) is 5.66. The smallest absolute Gasteiger partial charge is 0.261 e. The molecule has 1 aromatic rings. The lowest BCUT2D eigenvalue weighted by molar-refractivity contribution is -0.466. The molecule has 1 rings (SSSR count). The third-order valence-electron chi connectivity index (χ3n) is 1.87. The largest absolute Gasteiger partial charge is 0.312 e. The highest BCUT2D eigenvalue weighted by Gasteiger charge is 2.14. The van der Waals surface area contributed by atoms with Gasteiger partial charge in [-0.3, -0.25) is 9.48 Å². The molecule has 0 unspecified atom stereocenters. The first-order valence-corrected chi connectivity index (χ1v) is 6.33. The van der Waals surface area contributed by atoms with Crippen LogP contribution in [0.4, 0.5) is 0 Å². The fraction of sp³-hybridized carbons (Fsp3) is 0.364. The van der Waals surface area contributed by atoms with E-state index in [0.717, 1.165) is 10.1 Å². The highest BCUT2D eigenvalue weighted by Crippen LogP contribution is 2.28. The fourth-order valence-corrected chi connectivity index (χ4v) is 2.48. The summed E-state index contributed by atoms with van der Waals surface area (Å²) in [6.45, 7) is 0. The first-order chi connectivity index (χ1) is 7.41. The van der Waals surface area contributed by atoms with Gasteiger partial charge in [-0.25, -0.2) is 0 Å². The average Bonchev–Trinajstić information content (AvgIpc) is 2.18. The topological polar surface area (TPSA) is 6.25 Å². The summed E-state index contributed by atoms with van der Waals surface area (Å²) >= 11 is 13.5. The third-order valence-corrected chi connectivity index (χ3v) is 4.01. The van der Waals surface area contributed by atoms with E-state index in [1.807, 2.05) is 46.4 Å². The van der Waals surface area contributed by atoms with Crippen molar-refractivity contribution in [3.05, 3.63) is 28.2 Å². The quantitative estimate of drug-likeness (QED) is 0.336. The van der Waals surface area contributed by atoms with Crippen molar-refractivity contribution in [3.63, 3.8) is 0 Å². The number of halogens is 2. The Hall–Kier alpha value is -0.380. The van der Waals surface area contributed by atoms with E-state index in [1.165, 1.54) is 0 Å². The number of benzene rings is 1. The van der Waals surface area contributed by atoms with Crippen LogP contribution in [0.3, 0.4) is 0 Å². The Morgan fingerprint density at radius 2 is 1.81 bits per heavy atom. The molecule has 0 N–H and O–H groups in total. The summed E-state index contributed by atoms with van der Waals surface area (Å²) in [4.78, 5) is 3.14. The molecule has 2 nitrogen and oxygen atoms in total. The van der Waals surface area contributed by atoms with Crippen LogP contribution in [0.25, 0.3) is 0 Å². The zero-order valence-corrected chi connectivity index (χ0v) is 12.1. The van der Waals surface area contributed by atoms with Crippen LogP contribution in [0, 0.1) is 0 Å². The van der Waals surface area contributed by atoms with Gasteiger partial charge in [0.05, 0.1) is 38.2 Å². The summed E-state index contributed by atoms with van der Waals surface area (Å²) in [7, 11) is 8.05. The van der Waals surface area contributed by atoms with Crippen molar-refractivity contribution in [2.75, 3.05) is 28.2 Å². The van der Waals surface area contributed by atoms with Gasteiger partial charge in [0.15, 0.2) is 0 Å². The number of hydrogen-bond acceptors (Lipinski definition) is 1. The van der Waals surface area contributed by atoms with Crippen LogP contribution >= 0.6 is 35.0 Å². The minimum atomic E-state index is 0.585. The monoisotopic (exact) mass is 277 g/mol. The van der Waals surface area contributed by atoms with Crippen LogP contribution < -0.4 is 0 Å². The maximum Gasteiger partial charge on any atom is 0.312 e. The summed E-state index contributed by atoms with van der Waals surface area (Å²) < 4.78 is 2.06. The molecule has 0 bridgehead atoms. The predicted molar refractivity (Wildman–Crippen MR) is 73.1 cm³/mol. The predicted octanol–water partition coefficient (Wildman–Crippen LogP) is 3.28. The minimum Gasteiger partial charge on any atom is -0.261 e. The number of nitrogens with zero attached hydrogens (tertiary/aromatic N) is 2. The Bertz CT molecular complexity index is 412. The summed E-state index contributed by atoms with van der Waals surface area (Å²) in [6.07, 6.45) is 0. The van der Waals surface area contributed by atoms with E-state index < -0.39 is 0 Å². The first-order valence-electron chi connectivity index (χ1n) is 4.76. The molecule has 1 aromatic carbocycles. The molecule has 0 heterocycles. The minimum absolute atomic E-state index is 0.585. The normalized spacial score (nSPS) is 10.1. The maximum atomic E-state index is 5.97. The van der Waals surface area contributed by atoms with Crippen LogP contribution in [0.2, 0.25) is 10.0 Å². The van der Waals surface area contributed by atoms with E-state index in [-0.39, 0.29) is 0 Å². The molecule has 0 aliphatic carbocycles. The van der Waals surface area contributed by atoms with Crippen LogP contribution in [-0.4, -0.2) is 42.8 Å². The molecule has 0 atom stereocenters. The van der Waals surface area contributed by atoms with Crippen LogP contribution in [-0.2, 0) is 0 Å². The van der Waals surface area contributed by atoms with E-state index in [9.17, 15) is 0 Å². The second-order valence-electron chi connectivity index (χ2n) is 3.75. The standard InChI is InChI=1S/C11H15Cl2N2S/c1-14(2)11(15(3)4)16-8-5-6-9(12)10(13)7-8/h5-7H,1-4H3/q+1. The van der Waals surface area contributed by atoms with Crippen LogP contribution in [0.5, 0.6) is 0 Å². The van der Waals surface area contributed by atoms with Crippen molar-refractivity contribution in [2.24, 2.45) is 0 Å². The molecule has 0 aromatic heterocycles. The van der Waals surface area contributed by atoms with Crippen molar-refractivity contribution < 1.29 is 4.58 Å². The molecule has 88 valence electrons. The van der Waals surface area contributed by atoms with Gasteiger partial charge in [0.1, 0.15) is 0 Å². The van der Waals surface area contributed by atoms with Gasteiger partial charge >= 0.3 is 5.17 Å². The Kier molecular flexibility index (Phi) is 4.96. The van der Waals surface area contributed by atoms with E-state index in [0.29, 0.717) is 10.0 Å². The molecule has 0 aliphatic heterocycles. The lowest BCUT2D eigenvalue weighted by Gasteiger charge is -2.10. The number of thioether (sulfide) groups is 1.